The van der Waals surface area contributed by atoms with Gasteiger partial charge in [0.1, 0.15) is 0 Å². The van der Waals surface area contributed by atoms with E-state index in [1.165, 1.54) is 38.0 Å². The van der Waals surface area contributed by atoms with Gasteiger partial charge >= 0.3 is 0 Å². The molecule has 3 heteroatoms. The Morgan fingerprint density at radius 1 is 1.30 bits per heavy atom. The third-order valence-electron chi connectivity index (χ3n) is 5.28. The maximum Gasteiger partial charge on any atom is 0.00795 e. The highest BCUT2D eigenvalue weighted by molar-refractivity contribution is 7.98. The van der Waals surface area contributed by atoms with Crippen LogP contribution >= 0.6 is 11.8 Å². The standard InChI is InChI=1S/C17H36N2S/c1-13(9-10-20-6)19(5)12-14-11-15(17(2,3)4)7-8-16(14)18/h13-16H,7-12,18H2,1-6H3. The second-order valence-corrected chi connectivity index (χ2v) is 8.86. The molecule has 0 spiro atoms. The summed E-state index contributed by atoms with van der Waals surface area (Å²) in [6.45, 7) is 10.7. The molecule has 4 unspecified atom stereocenters. The lowest BCUT2D eigenvalue weighted by Gasteiger charge is -2.42. The average molecular weight is 301 g/mol. The third-order valence-corrected chi connectivity index (χ3v) is 5.92. The van der Waals surface area contributed by atoms with Gasteiger partial charge in [0, 0.05) is 18.6 Å². The molecule has 0 heterocycles. The van der Waals surface area contributed by atoms with E-state index in [1.807, 2.05) is 11.8 Å². The predicted octanol–water partition coefficient (Wildman–Crippen LogP) is 3.85. The van der Waals surface area contributed by atoms with Crippen LogP contribution in [0.5, 0.6) is 0 Å². The molecule has 0 amide bonds. The molecular weight excluding hydrogens is 264 g/mol. The lowest BCUT2D eigenvalue weighted by molar-refractivity contribution is 0.0960. The van der Waals surface area contributed by atoms with Crippen molar-refractivity contribution in [2.24, 2.45) is 23.0 Å². The Kier molecular flexibility index (Phi) is 7.37. The van der Waals surface area contributed by atoms with Crippen LogP contribution in [0.25, 0.3) is 0 Å². The van der Waals surface area contributed by atoms with E-state index < -0.39 is 0 Å². The van der Waals surface area contributed by atoms with E-state index in [0.29, 0.717) is 23.4 Å². The molecule has 1 rings (SSSR count). The van der Waals surface area contributed by atoms with Crippen LogP contribution in [0.4, 0.5) is 0 Å². The molecule has 0 aliphatic heterocycles. The van der Waals surface area contributed by atoms with E-state index in [1.54, 1.807) is 0 Å². The van der Waals surface area contributed by atoms with Gasteiger partial charge in [-0.25, -0.2) is 0 Å². The molecule has 1 saturated carbocycles. The zero-order valence-corrected chi connectivity index (χ0v) is 15.3. The second kappa shape index (κ2) is 8.05. The Labute approximate surface area is 131 Å². The maximum atomic E-state index is 6.40. The fraction of sp³-hybridized carbons (Fsp3) is 1.00. The van der Waals surface area contributed by atoms with Crippen molar-refractivity contribution in [3.63, 3.8) is 0 Å². The van der Waals surface area contributed by atoms with Gasteiger partial charge in [-0.15, -0.1) is 0 Å². The number of rotatable bonds is 6. The quantitative estimate of drug-likeness (QED) is 0.808. The monoisotopic (exact) mass is 300 g/mol. The fourth-order valence-electron chi connectivity index (χ4n) is 3.34. The van der Waals surface area contributed by atoms with E-state index in [-0.39, 0.29) is 0 Å². The van der Waals surface area contributed by atoms with Gasteiger partial charge in [0.25, 0.3) is 0 Å². The van der Waals surface area contributed by atoms with E-state index in [4.69, 9.17) is 5.73 Å². The molecule has 0 radical (unpaired) electrons. The molecule has 0 aromatic rings. The van der Waals surface area contributed by atoms with Gasteiger partial charge in [-0.3, -0.25) is 0 Å². The van der Waals surface area contributed by atoms with Crippen LogP contribution in [0.15, 0.2) is 0 Å². The van der Waals surface area contributed by atoms with Crippen molar-refractivity contribution in [1.82, 2.24) is 4.90 Å². The lowest BCUT2D eigenvalue weighted by atomic mass is 9.67. The highest BCUT2D eigenvalue weighted by Crippen LogP contribution is 2.40. The van der Waals surface area contributed by atoms with Gasteiger partial charge < -0.3 is 10.6 Å². The van der Waals surface area contributed by atoms with Crippen LogP contribution < -0.4 is 5.73 Å². The second-order valence-electron chi connectivity index (χ2n) is 7.87. The van der Waals surface area contributed by atoms with Crippen molar-refractivity contribution < 1.29 is 0 Å². The fourth-order valence-corrected chi connectivity index (χ4v) is 3.92. The summed E-state index contributed by atoms with van der Waals surface area (Å²) in [6, 6.07) is 1.08. The number of hydrogen-bond donors (Lipinski definition) is 1. The van der Waals surface area contributed by atoms with Gasteiger partial charge in [-0.1, -0.05) is 20.8 Å². The van der Waals surface area contributed by atoms with Crippen LogP contribution in [0, 0.1) is 17.3 Å². The molecule has 4 atom stereocenters. The van der Waals surface area contributed by atoms with Gasteiger partial charge in [0.05, 0.1) is 0 Å². The third kappa shape index (κ3) is 5.57. The molecule has 1 aliphatic carbocycles. The first-order valence-corrected chi connectivity index (χ1v) is 9.59. The first-order chi connectivity index (χ1) is 9.25. The molecular formula is C17H36N2S. The van der Waals surface area contributed by atoms with Gasteiger partial charge in [-0.2, -0.15) is 11.8 Å². The van der Waals surface area contributed by atoms with E-state index >= 15 is 0 Å². The Morgan fingerprint density at radius 2 is 1.95 bits per heavy atom. The molecule has 20 heavy (non-hydrogen) atoms. The molecule has 0 aromatic heterocycles. The van der Waals surface area contributed by atoms with Crippen molar-refractivity contribution in [3.8, 4) is 0 Å². The Hall–Kier alpha value is 0.270. The topological polar surface area (TPSA) is 29.3 Å². The summed E-state index contributed by atoms with van der Waals surface area (Å²) in [7, 11) is 2.28. The van der Waals surface area contributed by atoms with Crippen LogP contribution in [0.3, 0.4) is 0 Å². The Bertz CT molecular complexity index is 275. The van der Waals surface area contributed by atoms with Crippen LogP contribution in [0.1, 0.15) is 53.4 Å². The lowest BCUT2D eigenvalue weighted by Crippen LogP contribution is -2.46. The zero-order chi connectivity index (χ0) is 15.3. The number of nitrogens with zero attached hydrogens (tertiary/aromatic N) is 1. The first-order valence-electron chi connectivity index (χ1n) is 8.20. The summed E-state index contributed by atoms with van der Waals surface area (Å²) in [5.74, 6) is 2.77. The van der Waals surface area contributed by atoms with Crippen molar-refractivity contribution in [3.05, 3.63) is 0 Å². The molecule has 1 fully saturated rings. The van der Waals surface area contributed by atoms with Gasteiger partial charge in [-0.05, 0) is 68.9 Å². The van der Waals surface area contributed by atoms with Gasteiger partial charge in [0.2, 0.25) is 0 Å². The summed E-state index contributed by atoms with van der Waals surface area (Å²) in [6.07, 6.45) is 7.30. The molecule has 1 aliphatic rings. The molecule has 0 aromatic carbocycles. The summed E-state index contributed by atoms with van der Waals surface area (Å²) in [5, 5.41) is 0. The van der Waals surface area contributed by atoms with Gasteiger partial charge in [0.15, 0.2) is 0 Å². The highest BCUT2D eigenvalue weighted by Gasteiger charge is 2.35. The summed E-state index contributed by atoms with van der Waals surface area (Å²) < 4.78 is 0. The smallest absolute Gasteiger partial charge is 0.00795 e. The highest BCUT2D eigenvalue weighted by atomic mass is 32.2. The summed E-state index contributed by atoms with van der Waals surface area (Å²) >= 11 is 1.95. The Morgan fingerprint density at radius 3 is 2.50 bits per heavy atom. The van der Waals surface area contributed by atoms with Crippen molar-refractivity contribution in [1.29, 1.82) is 0 Å². The molecule has 120 valence electrons. The largest absolute Gasteiger partial charge is 0.327 e. The minimum Gasteiger partial charge on any atom is -0.327 e. The van der Waals surface area contributed by atoms with Crippen molar-refractivity contribution >= 4 is 11.8 Å². The minimum absolute atomic E-state index is 0.406. The molecule has 0 bridgehead atoms. The van der Waals surface area contributed by atoms with Crippen LogP contribution in [-0.2, 0) is 0 Å². The normalized spacial score (nSPS) is 29.7. The number of nitrogens with two attached hydrogens (primary N) is 1. The molecule has 2 N–H and O–H groups in total. The number of thioether (sulfide) groups is 1. The maximum absolute atomic E-state index is 6.40. The minimum atomic E-state index is 0.406. The van der Waals surface area contributed by atoms with Crippen molar-refractivity contribution in [2.45, 2.75) is 65.5 Å². The van der Waals surface area contributed by atoms with E-state index in [0.717, 1.165) is 5.92 Å². The zero-order valence-electron chi connectivity index (χ0n) is 14.5. The van der Waals surface area contributed by atoms with E-state index in [9.17, 15) is 0 Å². The molecule has 0 saturated heterocycles. The summed E-state index contributed by atoms with van der Waals surface area (Å²) in [4.78, 5) is 2.53. The Balaban J connectivity index is 2.51. The van der Waals surface area contributed by atoms with Crippen LogP contribution in [0.2, 0.25) is 0 Å². The van der Waals surface area contributed by atoms with E-state index in [2.05, 4.69) is 45.9 Å². The predicted molar refractivity (Wildman–Crippen MR) is 93.4 cm³/mol. The van der Waals surface area contributed by atoms with Crippen molar-refractivity contribution in [2.75, 3.05) is 25.6 Å². The SMILES string of the molecule is CSCCC(C)N(C)CC1CC(C(C)(C)C)CCC1N. The average Bonchev–Trinajstić information content (AvgIpc) is 2.37. The first kappa shape index (κ1) is 18.3. The number of hydrogen-bond acceptors (Lipinski definition) is 3. The molecule has 2 nitrogen and oxygen atoms in total. The van der Waals surface area contributed by atoms with Crippen LogP contribution in [-0.4, -0.2) is 42.6 Å². The summed E-state index contributed by atoms with van der Waals surface area (Å²) in [5.41, 5.74) is 6.83.